The van der Waals surface area contributed by atoms with Crippen LogP contribution in [0.15, 0.2) is 79.0 Å². The molecule has 0 unspecified atom stereocenters. The number of hydrogen-bond acceptors (Lipinski definition) is 3. The van der Waals surface area contributed by atoms with E-state index in [0.29, 0.717) is 11.1 Å². The maximum absolute atomic E-state index is 14.0. The van der Waals surface area contributed by atoms with Crippen LogP contribution in [-0.4, -0.2) is 41.5 Å². The van der Waals surface area contributed by atoms with E-state index >= 15 is 0 Å². The molecular weight excluding hydrogens is 495 g/mol. The monoisotopic (exact) mass is 521 g/mol. The van der Waals surface area contributed by atoms with Crippen molar-refractivity contribution in [2.75, 3.05) is 25.6 Å². The third kappa shape index (κ3) is 4.54. The molecule has 0 bridgehead atoms. The number of nitrogens with zero attached hydrogens (tertiary/aromatic N) is 2. The zero-order valence-corrected chi connectivity index (χ0v) is 20.8. The van der Waals surface area contributed by atoms with Gasteiger partial charge >= 0.3 is 6.18 Å². The Labute approximate surface area is 217 Å². The Hall–Kier alpha value is -4.11. The summed E-state index contributed by atoms with van der Waals surface area (Å²) < 4.78 is 47.2. The van der Waals surface area contributed by atoms with Crippen LogP contribution in [0.4, 0.5) is 18.9 Å². The molecule has 0 radical (unpaired) electrons. The Kier molecular flexibility index (Phi) is 6.71. The molecule has 196 valence electrons. The fourth-order valence-electron chi connectivity index (χ4n) is 5.26. The number of hydrogen-bond donors (Lipinski definition) is 1. The zero-order valence-electron chi connectivity index (χ0n) is 20.8. The van der Waals surface area contributed by atoms with Crippen molar-refractivity contribution >= 4 is 28.4 Å². The van der Waals surface area contributed by atoms with Crippen molar-refractivity contribution in [1.82, 2.24) is 9.47 Å². The molecule has 0 saturated heterocycles. The number of fused-ring (bicyclic) bond motifs is 2. The molecule has 1 N–H and O–H groups in total. The van der Waals surface area contributed by atoms with Gasteiger partial charge < -0.3 is 19.5 Å². The highest BCUT2D eigenvalue weighted by molar-refractivity contribution is 6.05. The summed E-state index contributed by atoms with van der Waals surface area (Å²) in [6.45, 7) is 0.474. The van der Waals surface area contributed by atoms with Crippen molar-refractivity contribution < 1.29 is 27.5 Å². The third-order valence-corrected chi connectivity index (χ3v) is 6.96. The number of para-hydroxylation sites is 1. The number of benzene rings is 3. The molecule has 0 saturated carbocycles. The summed E-state index contributed by atoms with van der Waals surface area (Å²) in [7, 11) is 3.43. The van der Waals surface area contributed by atoms with Gasteiger partial charge in [-0.05, 0) is 35.9 Å². The van der Waals surface area contributed by atoms with E-state index in [9.17, 15) is 22.8 Å². The number of carbonyl (C=O) groups is 2. The first-order valence-electron chi connectivity index (χ1n) is 12.1. The Balaban J connectivity index is 1.66. The van der Waals surface area contributed by atoms with Crippen LogP contribution in [0.25, 0.3) is 10.9 Å². The molecular formula is C29H26F3N3O3. The Morgan fingerprint density at radius 1 is 1.00 bits per heavy atom. The number of alkyl halides is 3. The zero-order chi connectivity index (χ0) is 27.0. The second kappa shape index (κ2) is 9.98. The Morgan fingerprint density at radius 2 is 1.74 bits per heavy atom. The summed E-state index contributed by atoms with van der Waals surface area (Å²) in [6, 6.07) is 18.4. The molecule has 0 aliphatic carbocycles. The molecule has 9 heteroatoms. The lowest BCUT2D eigenvalue weighted by Gasteiger charge is -2.41. The van der Waals surface area contributed by atoms with Crippen LogP contribution in [0.3, 0.4) is 0 Å². The van der Waals surface area contributed by atoms with Crippen molar-refractivity contribution in [2.24, 2.45) is 7.05 Å². The average molecular weight is 522 g/mol. The van der Waals surface area contributed by atoms with Gasteiger partial charge in [0, 0.05) is 54.6 Å². The fourth-order valence-corrected chi connectivity index (χ4v) is 5.26. The van der Waals surface area contributed by atoms with Crippen LogP contribution in [0.5, 0.6) is 0 Å². The van der Waals surface area contributed by atoms with Gasteiger partial charge in [-0.15, -0.1) is 0 Å². The molecule has 6 nitrogen and oxygen atoms in total. The maximum atomic E-state index is 14.0. The summed E-state index contributed by atoms with van der Waals surface area (Å²) >= 11 is 0. The van der Waals surface area contributed by atoms with Gasteiger partial charge in [0.05, 0.1) is 24.1 Å². The fraction of sp³-hybridized carbons (Fsp3) is 0.241. The summed E-state index contributed by atoms with van der Waals surface area (Å²) in [5, 5.41) is 3.58. The van der Waals surface area contributed by atoms with E-state index in [1.165, 1.54) is 19.2 Å². The third-order valence-electron chi connectivity index (χ3n) is 6.96. The summed E-state index contributed by atoms with van der Waals surface area (Å²) in [5.41, 5.74) is 1.77. The average Bonchev–Trinajstić information content (AvgIpc) is 3.23. The minimum Gasteiger partial charge on any atom is -0.383 e. The van der Waals surface area contributed by atoms with E-state index in [2.05, 4.69) is 5.32 Å². The normalized spacial score (nSPS) is 17.5. The highest BCUT2D eigenvalue weighted by atomic mass is 19.4. The number of halogens is 3. The van der Waals surface area contributed by atoms with Crippen molar-refractivity contribution in [3.8, 4) is 0 Å². The number of nitrogens with one attached hydrogen (secondary N) is 1. The largest absolute Gasteiger partial charge is 0.416 e. The number of methoxy groups -OCH3 is 1. The minimum absolute atomic E-state index is 0.0271. The van der Waals surface area contributed by atoms with Gasteiger partial charge in [0.25, 0.3) is 5.91 Å². The van der Waals surface area contributed by atoms with Crippen LogP contribution < -0.4 is 5.32 Å². The van der Waals surface area contributed by atoms with E-state index in [0.717, 1.165) is 28.6 Å². The topological polar surface area (TPSA) is 63.6 Å². The highest BCUT2D eigenvalue weighted by Crippen LogP contribution is 2.45. The lowest BCUT2D eigenvalue weighted by Crippen LogP contribution is -2.47. The number of aromatic nitrogens is 1. The van der Waals surface area contributed by atoms with Gasteiger partial charge in [0.15, 0.2) is 0 Å². The molecule has 4 aromatic rings. The lowest BCUT2D eigenvalue weighted by molar-refractivity contribution is -0.137. The first-order valence-corrected chi connectivity index (χ1v) is 12.1. The van der Waals surface area contributed by atoms with Gasteiger partial charge in [-0.1, -0.05) is 42.5 Å². The van der Waals surface area contributed by atoms with Crippen molar-refractivity contribution in [2.45, 2.75) is 18.1 Å². The number of amides is 2. The van der Waals surface area contributed by atoms with Gasteiger partial charge in [0.1, 0.15) is 0 Å². The minimum atomic E-state index is -4.55. The first-order chi connectivity index (χ1) is 18.2. The van der Waals surface area contributed by atoms with Crippen LogP contribution >= 0.6 is 0 Å². The SMILES string of the molecule is COCCN1C(=O)c2ccccc2[C@H](C(=O)Nc2cccc(C(F)(F)F)c2)[C@@H]1c1cn(C)c2ccccc12. The van der Waals surface area contributed by atoms with Gasteiger partial charge in [-0.3, -0.25) is 9.59 Å². The Bertz CT molecular complexity index is 1510. The number of ether oxygens (including phenoxy) is 1. The van der Waals surface area contributed by atoms with Crippen LogP contribution in [0.2, 0.25) is 0 Å². The lowest BCUT2D eigenvalue weighted by atomic mass is 9.79. The smallest absolute Gasteiger partial charge is 0.383 e. The second-order valence-electron chi connectivity index (χ2n) is 9.28. The van der Waals surface area contributed by atoms with E-state index < -0.39 is 29.6 Å². The van der Waals surface area contributed by atoms with Gasteiger partial charge in [-0.2, -0.15) is 13.2 Å². The number of rotatable bonds is 6. The van der Waals surface area contributed by atoms with Gasteiger partial charge in [0.2, 0.25) is 5.91 Å². The predicted molar refractivity (Wildman–Crippen MR) is 138 cm³/mol. The van der Waals surface area contributed by atoms with Crippen molar-refractivity contribution in [3.05, 3.63) is 101 Å². The maximum Gasteiger partial charge on any atom is 0.416 e. The number of carbonyl (C=O) groups excluding carboxylic acids is 2. The summed E-state index contributed by atoms with van der Waals surface area (Å²) in [5.74, 6) is -1.63. The highest BCUT2D eigenvalue weighted by Gasteiger charge is 2.45. The molecule has 1 aliphatic rings. The second-order valence-corrected chi connectivity index (χ2v) is 9.28. The van der Waals surface area contributed by atoms with Gasteiger partial charge in [-0.25, -0.2) is 0 Å². The molecule has 0 fully saturated rings. The number of anilines is 1. The predicted octanol–water partition coefficient (Wildman–Crippen LogP) is 5.76. The van der Waals surface area contributed by atoms with E-state index in [1.54, 1.807) is 29.2 Å². The molecule has 3 aromatic carbocycles. The van der Waals surface area contributed by atoms with Crippen molar-refractivity contribution in [1.29, 1.82) is 0 Å². The number of aryl methyl sites for hydroxylation is 1. The summed E-state index contributed by atoms with van der Waals surface area (Å²) in [4.78, 5) is 29.3. The quantitative estimate of drug-likeness (QED) is 0.351. The van der Waals surface area contributed by atoms with E-state index in [1.807, 2.05) is 42.1 Å². The van der Waals surface area contributed by atoms with E-state index in [-0.39, 0.29) is 24.7 Å². The standard InChI is InChI=1S/C29H26F3N3O3/c1-34-17-23(20-10-5-6-13-24(20)34)26-25(27(36)33-19-9-7-8-18(16-19)29(30,31)32)21-11-3-4-12-22(21)28(37)35(26)14-15-38-2/h3-13,16-17,25-26H,14-15H2,1-2H3,(H,33,36)/t25-,26-/m0/s1. The Morgan fingerprint density at radius 3 is 2.50 bits per heavy atom. The molecule has 2 atom stereocenters. The summed E-state index contributed by atoms with van der Waals surface area (Å²) in [6.07, 6.45) is -2.64. The molecule has 2 amide bonds. The molecule has 1 aromatic heterocycles. The van der Waals surface area contributed by atoms with Crippen molar-refractivity contribution in [3.63, 3.8) is 0 Å². The molecule has 0 spiro atoms. The molecule has 5 rings (SSSR count). The molecule has 1 aliphatic heterocycles. The molecule has 2 heterocycles. The van der Waals surface area contributed by atoms with Crippen LogP contribution in [0, 0.1) is 0 Å². The van der Waals surface area contributed by atoms with E-state index in [4.69, 9.17) is 4.74 Å². The first kappa shape index (κ1) is 25.5. The molecule has 38 heavy (non-hydrogen) atoms. The van der Waals surface area contributed by atoms with Crippen LogP contribution in [0.1, 0.15) is 39.0 Å². The van der Waals surface area contributed by atoms with Crippen LogP contribution in [-0.2, 0) is 22.8 Å².